The van der Waals surface area contributed by atoms with Gasteiger partial charge in [0.2, 0.25) is 0 Å². The first-order chi connectivity index (χ1) is 6.07. The Morgan fingerprint density at radius 3 is 2.23 bits per heavy atom. The second-order valence-electron chi connectivity index (χ2n) is 2.49. The summed E-state index contributed by atoms with van der Waals surface area (Å²) in [5.41, 5.74) is 0.837. The third kappa shape index (κ3) is 2.42. The minimum atomic E-state index is 0.299. The molecule has 0 aromatic heterocycles. The normalized spacial score (nSPS) is 10.5. The fourth-order valence-corrected chi connectivity index (χ4v) is 1.85. The van der Waals surface area contributed by atoms with E-state index < -0.39 is 0 Å². The number of hydrogen-bond donors (Lipinski definition) is 1. The maximum Gasteiger partial charge on any atom is 0.0797 e. The van der Waals surface area contributed by atoms with Crippen LogP contribution in [0.5, 0.6) is 0 Å². The van der Waals surface area contributed by atoms with Crippen molar-refractivity contribution in [1.29, 1.82) is 0 Å². The lowest BCUT2D eigenvalue weighted by molar-refractivity contribution is 0.818. The van der Waals surface area contributed by atoms with Crippen LogP contribution in [0.25, 0.3) is 0 Å². The van der Waals surface area contributed by atoms with E-state index in [0.717, 1.165) is 5.56 Å². The highest BCUT2D eigenvalue weighted by Crippen LogP contribution is 2.37. The molecule has 1 N–H and O–H groups in total. The summed E-state index contributed by atoms with van der Waals surface area (Å²) in [5.74, 6) is 0. The van der Waals surface area contributed by atoms with Crippen LogP contribution in [0.4, 0.5) is 0 Å². The third-order valence-electron chi connectivity index (χ3n) is 1.55. The Morgan fingerprint density at radius 1 is 1.08 bits per heavy atom. The van der Waals surface area contributed by atoms with Crippen LogP contribution < -0.4 is 5.32 Å². The van der Waals surface area contributed by atoms with Crippen molar-refractivity contribution >= 4 is 46.4 Å². The van der Waals surface area contributed by atoms with E-state index in [2.05, 4.69) is 5.32 Å². The van der Waals surface area contributed by atoms with Gasteiger partial charge in [-0.1, -0.05) is 46.4 Å². The van der Waals surface area contributed by atoms with Gasteiger partial charge in [-0.3, -0.25) is 0 Å². The van der Waals surface area contributed by atoms with Gasteiger partial charge in [-0.15, -0.1) is 0 Å². The topological polar surface area (TPSA) is 12.0 Å². The molecule has 0 radical (unpaired) electrons. The lowest BCUT2D eigenvalue weighted by Gasteiger charge is -2.08. The van der Waals surface area contributed by atoms with E-state index in [1.54, 1.807) is 6.07 Å². The highest BCUT2D eigenvalue weighted by molar-refractivity contribution is 6.51. The lowest BCUT2D eigenvalue weighted by atomic mass is 10.2. The zero-order chi connectivity index (χ0) is 10.0. The van der Waals surface area contributed by atoms with Gasteiger partial charge in [-0.2, -0.15) is 0 Å². The van der Waals surface area contributed by atoms with Crippen molar-refractivity contribution in [3.8, 4) is 0 Å². The molecular formula is C8H7Cl4N. The molecule has 0 spiro atoms. The molecular weight excluding hydrogens is 252 g/mol. The van der Waals surface area contributed by atoms with Gasteiger partial charge in [0.05, 0.1) is 20.1 Å². The van der Waals surface area contributed by atoms with E-state index in [1.807, 2.05) is 7.05 Å². The molecule has 0 unspecified atom stereocenters. The van der Waals surface area contributed by atoms with Gasteiger partial charge in [-0.05, 0) is 18.7 Å². The molecule has 1 rings (SSSR count). The van der Waals surface area contributed by atoms with E-state index >= 15 is 0 Å². The van der Waals surface area contributed by atoms with Crippen LogP contribution >= 0.6 is 46.4 Å². The summed E-state index contributed by atoms with van der Waals surface area (Å²) < 4.78 is 0. The summed E-state index contributed by atoms with van der Waals surface area (Å²) in [5, 5.41) is 4.43. The predicted octanol–water partition coefficient (Wildman–Crippen LogP) is 4.02. The molecule has 72 valence electrons. The van der Waals surface area contributed by atoms with Crippen LogP contribution in [0.15, 0.2) is 6.07 Å². The Bertz CT molecular complexity index is 324. The summed E-state index contributed by atoms with van der Waals surface area (Å²) in [4.78, 5) is 0. The van der Waals surface area contributed by atoms with Crippen molar-refractivity contribution in [3.63, 3.8) is 0 Å². The molecule has 0 fully saturated rings. The van der Waals surface area contributed by atoms with E-state index in [4.69, 9.17) is 46.4 Å². The van der Waals surface area contributed by atoms with Crippen LogP contribution in [-0.4, -0.2) is 7.05 Å². The highest BCUT2D eigenvalue weighted by atomic mass is 35.5. The molecule has 0 saturated heterocycles. The first kappa shape index (κ1) is 11.4. The Balaban J connectivity index is 3.24. The van der Waals surface area contributed by atoms with Crippen molar-refractivity contribution in [2.75, 3.05) is 7.05 Å². The number of benzene rings is 1. The fraction of sp³-hybridized carbons (Fsp3) is 0.250. The maximum absolute atomic E-state index is 5.93. The zero-order valence-electron chi connectivity index (χ0n) is 6.80. The van der Waals surface area contributed by atoms with Gasteiger partial charge >= 0.3 is 0 Å². The SMILES string of the molecule is CNCc1cc(Cl)c(Cl)c(Cl)c1Cl. The average molecular weight is 259 g/mol. The lowest BCUT2D eigenvalue weighted by Crippen LogP contribution is -2.05. The van der Waals surface area contributed by atoms with E-state index in [0.29, 0.717) is 26.6 Å². The summed E-state index contributed by atoms with van der Waals surface area (Å²) >= 11 is 23.4. The Morgan fingerprint density at radius 2 is 1.69 bits per heavy atom. The molecule has 0 aliphatic heterocycles. The summed E-state index contributed by atoms with van der Waals surface area (Å²) in [6.07, 6.45) is 0. The van der Waals surface area contributed by atoms with Gasteiger partial charge in [0.1, 0.15) is 0 Å². The monoisotopic (exact) mass is 257 g/mol. The molecule has 0 aliphatic rings. The molecule has 1 aromatic carbocycles. The van der Waals surface area contributed by atoms with Crippen molar-refractivity contribution in [2.24, 2.45) is 0 Å². The van der Waals surface area contributed by atoms with Crippen molar-refractivity contribution in [1.82, 2.24) is 5.32 Å². The van der Waals surface area contributed by atoms with Gasteiger partial charge in [0, 0.05) is 6.54 Å². The molecule has 1 aromatic rings. The first-order valence-electron chi connectivity index (χ1n) is 3.54. The molecule has 0 bridgehead atoms. The molecule has 1 nitrogen and oxygen atoms in total. The summed E-state index contributed by atoms with van der Waals surface area (Å²) in [7, 11) is 1.81. The standard InChI is InChI=1S/C8H7Cl4N/c1-13-3-4-2-5(9)7(11)8(12)6(4)10/h2,13H,3H2,1H3. The predicted molar refractivity (Wildman–Crippen MR) is 59.2 cm³/mol. The number of rotatable bonds is 2. The molecule has 0 amide bonds. The minimum Gasteiger partial charge on any atom is -0.316 e. The van der Waals surface area contributed by atoms with Crippen molar-refractivity contribution in [2.45, 2.75) is 6.54 Å². The molecule has 0 aliphatic carbocycles. The fourth-order valence-electron chi connectivity index (χ4n) is 0.941. The second kappa shape index (κ2) is 4.72. The second-order valence-corrected chi connectivity index (χ2v) is 4.03. The van der Waals surface area contributed by atoms with Gasteiger partial charge < -0.3 is 5.32 Å². The number of halogens is 4. The van der Waals surface area contributed by atoms with Crippen molar-refractivity contribution in [3.05, 3.63) is 31.7 Å². The Labute approximate surface area is 96.9 Å². The number of nitrogens with one attached hydrogen (secondary N) is 1. The Kier molecular flexibility index (Phi) is 4.14. The maximum atomic E-state index is 5.93. The van der Waals surface area contributed by atoms with Crippen LogP contribution in [0.1, 0.15) is 5.56 Å². The molecule has 13 heavy (non-hydrogen) atoms. The summed E-state index contributed by atoms with van der Waals surface area (Å²) in [6, 6.07) is 1.70. The van der Waals surface area contributed by atoms with Crippen LogP contribution in [0, 0.1) is 0 Å². The van der Waals surface area contributed by atoms with Gasteiger partial charge in [0.25, 0.3) is 0 Å². The first-order valence-corrected chi connectivity index (χ1v) is 5.05. The number of hydrogen-bond acceptors (Lipinski definition) is 1. The van der Waals surface area contributed by atoms with Crippen LogP contribution in [-0.2, 0) is 6.54 Å². The van der Waals surface area contributed by atoms with Crippen molar-refractivity contribution < 1.29 is 0 Å². The average Bonchev–Trinajstić information content (AvgIpc) is 2.11. The largest absolute Gasteiger partial charge is 0.316 e. The molecule has 0 saturated carbocycles. The van der Waals surface area contributed by atoms with Gasteiger partial charge in [-0.25, -0.2) is 0 Å². The van der Waals surface area contributed by atoms with Crippen LogP contribution in [0.2, 0.25) is 20.1 Å². The quantitative estimate of drug-likeness (QED) is 0.624. The minimum absolute atomic E-state index is 0.299. The smallest absolute Gasteiger partial charge is 0.0797 e. The van der Waals surface area contributed by atoms with E-state index in [1.165, 1.54) is 0 Å². The van der Waals surface area contributed by atoms with Crippen LogP contribution in [0.3, 0.4) is 0 Å². The van der Waals surface area contributed by atoms with E-state index in [9.17, 15) is 0 Å². The third-order valence-corrected chi connectivity index (χ3v) is 3.34. The van der Waals surface area contributed by atoms with Gasteiger partial charge in [0.15, 0.2) is 0 Å². The Hall–Kier alpha value is 0.340. The molecule has 5 heteroatoms. The molecule has 0 heterocycles. The summed E-state index contributed by atoms with van der Waals surface area (Å²) in [6.45, 7) is 0.607. The van der Waals surface area contributed by atoms with E-state index in [-0.39, 0.29) is 0 Å². The highest BCUT2D eigenvalue weighted by Gasteiger charge is 2.12. The molecule has 0 atom stereocenters. The zero-order valence-corrected chi connectivity index (χ0v) is 9.82.